The Labute approximate surface area is 211 Å². The number of fused-ring (bicyclic) bond motifs is 5. The van der Waals surface area contributed by atoms with Gasteiger partial charge in [0.05, 0.1) is 31.1 Å². The van der Waals surface area contributed by atoms with E-state index in [9.17, 15) is 13.6 Å². The number of benzene rings is 2. The van der Waals surface area contributed by atoms with Gasteiger partial charge in [0.2, 0.25) is 0 Å². The highest BCUT2D eigenvalue weighted by Crippen LogP contribution is 2.44. The lowest BCUT2D eigenvalue weighted by atomic mass is 9.95. The van der Waals surface area contributed by atoms with E-state index in [1.807, 2.05) is 42.6 Å². The molecule has 0 radical (unpaired) electrons. The third-order valence-electron chi connectivity index (χ3n) is 7.04. The number of nitrogens with zero attached hydrogens (tertiary/aromatic N) is 2. The molecule has 2 amide bonds. The molecule has 0 saturated carbocycles. The molecule has 2 aromatic heterocycles. The Morgan fingerprint density at radius 3 is 2.64 bits per heavy atom. The smallest absolute Gasteiger partial charge is 0.323 e. The van der Waals surface area contributed by atoms with Gasteiger partial charge in [-0.1, -0.05) is 12.1 Å². The third-order valence-corrected chi connectivity index (χ3v) is 8.38. The van der Waals surface area contributed by atoms with Gasteiger partial charge in [-0.2, -0.15) is 0 Å². The molecule has 1 unspecified atom stereocenters. The Morgan fingerprint density at radius 1 is 1.06 bits per heavy atom. The number of ether oxygens (including phenoxy) is 1. The minimum Gasteiger partial charge on any atom is -0.497 e. The van der Waals surface area contributed by atoms with Gasteiger partial charge in [-0.25, -0.2) is 13.6 Å². The Balaban J connectivity index is 1.48. The van der Waals surface area contributed by atoms with Crippen LogP contribution in [-0.2, 0) is 19.4 Å². The van der Waals surface area contributed by atoms with E-state index in [1.54, 1.807) is 23.3 Å². The molecule has 0 fully saturated rings. The molecule has 5 nitrogen and oxygen atoms in total. The molecule has 1 N–H and O–H groups in total. The van der Waals surface area contributed by atoms with Crippen molar-refractivity contribution in [3.8, 4) is 10.8 Å². The van der Waals surface area contributed by atoms with E-state index < -0.39 is 23.7 Å². The molecule has 184 valence electrons. The lowest BCUT2D eigenvalue weighted by Crippen LogP contribution is -2.38. The summed E-state index contributed by atoms with van der Waals surface area (Å²) >= 11 is 1.81. The molecule has 0 spiro atoms. The summed E-state index contributed by atoms with van der Waals surface area (Å²) in [5, 5.41) is 3.84. The van der Waals surface area contributed by atoms with Gasteiger partial charge in [0.1, 0.15) is 22.4 Å². The lowest BCUT2D eigenvalue weighted by Gasteiger charge is -2.31. The van der Waals surface area contributed by atoms with Crippen molar-refractivity contribution < 1.29 is 18.3 Å². The molecular weight excluding hydrogens is 480 g/mol. The molecule has 8 heteroatoms. The van der Waals surface area contributed by atoms with Gasteiger partial charge in [-0.3, -0.25) is 0 Å². The number of rotatable bonds is 3. The topological polar surface area (TPSA) is 46.5 Å². The summed E-state index contributed by atoms with van der Waals surface area (Å²) in [5.74, 6) is -0.778. The summed E-state index contributed by atoms with van der Waals surface area (Å²) in [4.78, 5) is 17.0. The quantitative estimate of drug-likeness (QED) is 0.331. The Bertz CT molecular complexity index is 1440. The van der Waals surface area contributed by atoms with Crippen molar-refractivity contribution in [3.05, 3.63) is 99.7 Å². The second kappa shape index (κ2) is 9.09. The summed E-state index contributed by atoms with van der Waals surface area (Å²) < 4.78 is 35.5. The van der Waals surface area contributed by atoms with Crippen molar-refractivity contribution in [1.29, 1.82) is 0 Å². The van der Waals surface area contributed by atoms with Crippen LogP contribution in [0.25, 0.3) is 5.00 Å². The fourth-order valence-electron chi connectivity index (χ4n) is 5.30. The molecule has 2 aliphatic rings. The maximum atomic E-state index is 14.5. The van der Waals surface area contributed by atoms with Crippen molar-refractivity contribution >= 4 is 23.1 Å². The van der Waals surface area contributed by atoms with Crippen LogP contribution in [0.4, 0.5) is 19.3 Å². The number of carbonyl (C=O) groups excluding carboxylic acids is 1. The molecule has 2 aromatic carbocycles. The number of methoxy groups -OCH3 is 1. The molecule has 3 heterocycles. The first-order valence-corrected chi connectivity index (χ1v) is 12.8. The van der Waals surface area contributed by atoms with Gasteiger partial charge in [0, 0.05) is 22.7 Å². The molecule has 1 aliphatic carbocycles. The first-order chi connectivity index (χ1) is 17.5. The summed E-state index contributed by atoms with van der Waals surface area (Å²) in [6, 6.07) is 14.0. The molecule has 6 rings (SSSR count). The Kier molecular flexibility index (Phi) is 5.76. The minimum absolute atomic E-state index is 0.0536. The lowest BCUT2D eigenvalue weighted by molar-refractivity contribution is 0.194. The number of thiophene rings is 1. The van der Waals surface area contributed by atoms with Crippen molar-refractivity contribution in [2.75, 3.05) is 12.4 Å². The molecule has 0 saturated heterocycles. The number of hydrogen-bond donors (Lipinski definition) is 1. The third kappa shape index (κ3) is 3.86. The number of hydrogen-bond acceptors (Lipinski definition) is 3. The number of aromatic nitrogens is 1. The van der Waals surface area contributed by atoms with E-state index in [4.69, 9.17) is 4.74 Å². The zero-order valence-electron chi connectivity index (χ0n) is 19.8. The van der Waals surface area contributed by atoms with Gasteiger partial charge in [-0.05, 0) is 73.2 Å². The van der Waals surface area contributed by atoms with Crippen LogP contribution in [0.2, 0.25) is 0 Å². The molecule has 1 aliphatic heterocycles. The maximum Gasteiger partial charge on any atom is 0.323 e. The predicted molar refractivity (Wildman–Crippen MR) is 136 cm³/mol. The molecule has 36 heavy (non-hydrogen) atoms. The van der Waals surface area contributed by atoms with Crippen molar-refractivity contribution in [3.63, 3.8) is 0 Å². The SMILES string of the molecule is COc1ccc(C2c3cccn3-c3sc4c(c3CN2C(=O)Nc2ccc(F)cc2F)CCCC4)cc1. The average Bonchev–Trinajstić information content (AvgIpc) is 3.48. The second-order valence-corrected chi connectivity index (χ2v) is 10.2. The molecule has 1 atom stereocenters. The molecule has 4 aromatic rings. The first-order valence-electron chi connectivity index (χ1n) is 12.0. The van der Waals surface area contributed by atoms with Crippen LogP contribution in [0.15, 0.2) is 60.8 Å². The van der Waals surface area contributed by atoms with Crippen LogP contribution < -0.4 is 10.1 Å². The minimum atomic E-state index is -0.809. The fraction of sp³-hybridized carbons (Fsp3) is 0.250. The highest BCUT2D eigenvalue weighted by Gasteiger charge is 2.36. The van der Waals surface area contributed by atoms with Crippen LogP contribution in [-0.4, -0.2) is 22.6 Å². The van der Waals surface area contributed by atoms with Gasteiger partial charge in [0.25, 0.3) is 0 Å². The van der Waals surface area contributed by atoms with Crippen LogP contribution in [0.3, 0.4) is 0 Å². The van der Waals surface area contributed by atoms with Crippen LogP contribution in [0, 0.1) is 11.6 Å². The summed E-state index contributed by atoms with van der Waals surface area (Å²) in [6.45, 7) is 0.383. The number of aryl methyl sites for hydroxylation is 1. The number of halogens is 2. The van der Waals surface area contributed by atoms with Crippen molar-refractivity contribution in [2.45, 2.75) is 38.3 Å². The maximum absolute atomic E-state index is 14.5. The van der Waals surface area contributed by atoms with E-state index in [0.717, 1.165) is 59.0 Å². The number of nitrogens with one attached hydrogen (secondary N) is 1. The highest BCUT2D eigenvalue weighted by molar-refractivity contribution is 7.15. The van der Waals surface area contributed by atoms with E-state index in [1.165, 1.54) is 22.9 Å². The number of urea groups is 1. The summed E-state index contributed by atoms with van der Waals surface area (Å²) in [5.41, 5.74) is 4.30. The van der Waals surface area contributed by atoms with Gasteiger partial charge < -0.3 is 19.5 Å². The van der Waals surface area contributed by atoms with Crippen LogP contribution >= 0.6 is 11.3 Å². The monoisotopic (exact) mass is 505 g/mol. The van der Waals surface area contributed by atoms with Crippen LogP contribution in [0.1, 0.15) is 46.1 Å². The largest absolute Gasteiger partial charge is 0.497 e. The molecular formula is C28H25F2N3O2S. The standard InChI is InChI=1S/C28H25F2N3O2S/c1-35-19-11-8-17(9-12-19)26-24-6-4-14-32(24)27-21(20-5-2-3-7-25(20)36-27)16-33(26)28(34)31-23-13-10-18(29)15-22(23)30/h4,6,8-15,26H,2-3,5,7,16H2,1H3,(H,31,34). The van der Waals surface area contributed by atoms with Gasteiger partial charge >= 0.3 is 6.03 Å². The zero-order chi connectivity index (χ0) is 24.8. The predicted octanol–water partition coefficient (Wildman–Crippen LogP) is 6.84. The zero-order valence-corrected chi connectivity index (χ0v) is 20.6. The number of carbonyl (C=O) groups is 1. The highest BCUT2D eigenvalue weighted by atomic mass is 32.1. The first kappa shape index (κ1) is 22.8. The Morgan fingerprint density at radius 2 is 1.86 bits per heavy atom. The van der Waals surface area contributed by atoms with Crippen molar-refractivity contribution in [2.24, 2.45) is 0 Å². The van der Waals surface area contributed by atoms with Crippen molar-refractivity contribution in [1.82, 2.24) is 9.47 Å². The van der Waals surface area contributed by atoms with Gasteiger partial charge in [0.15, 0.2) is 0 Å². The normalized spacial score (nSPS) is 16.5. The van der Waals surface area contributed by atoms with E-state index in [-0.39, 0.29) is 5.69 Å². The number of anilines is 1. The van der Waals surface area contributed by atoms with Crippen LogP contribution in [0.5, 0.6) is 5.75 Å². The Hall–Kier alpha value is -3.65. The average molecular weight is 506 g/mol. The van der Waals surface area contributed by atoms with Gasteiger partial charge in [-0.15, -0.1) is 11.3 Å². The summed E-state index contributed by atoms with van der Waals surface area (Å²) in [7, 11) is 1.62. The summed E-state index contributed by atoms with van der Waals surface area (Å²) in [6.07, 6.45) is 6.40. The molecule has 0 bridgehead atoms. The van der Waals surface area contributed by atoms with E-state index in [2.05, 4.69) is 9.88 Å². The van der Waals surface area contributed by atoms with E-state index in [0.29, 0.717) is 6.54 Å². The number of amides is 2. The second-order valence-electron chi connectivity index (χ2n) is 9.16. The fourth-order valence-corrected chi connectivity index (χ4v) is 6.71. The van der Waals surface area contributed by atoms with E-state index >= 15 is 0 Å².